The molecule has 0 aromatic heterocycles. The molecule has 0 atom stereocenters. The molecule has 2 aromatic carbocycles. The second-order valence-electron chi connectivity index (χ2n) is 4.67. The third kappa shape index (κ3) is 5.06. The zero-order chi connectivity index (χ0) is 16.8. The van der Waals surface area contributed by atoms with Gasteiger partial charge in [0.2, 0.25) is 5.91 Å². The van der Waals surface area contributed by atoms with Crippen LogP contribution in [0.1, 0.15) is 6.92 Å². The lowest BCUT2D eigenvalue weighted by molar-refractivity contribution is -0.118. The molecule has 2 N–H and O–H groups in total. The van der Waals surface area contributed by atoms with Gasteiger partial charge in [0.25, 0.3) is 5.91 Å². The highest BCUT2D eigenvalue weighted by Crippen LogP contribution is 2.17. The fourth-order valence-electron chi connectivity index (χ4n) is 1.76. The van der Waals surface area contributed by atoms with Crippen LogP contribution in [0.5, 0.6) is 5.75 Å². The van der Waals surface area contributed by atoms with Crippen molar-refractivity contribution in [3.05, 3.63) is 54.1 Å². The Morgan fingerprint density at radius 3 is 2.35 bits per heavy atom. The Hall–Kier alpha value is -2.96. The molecule has 23 heavy (non-hydrogen) atoms. The number of rotatable bonds is 5. The maximum absolute atomic E-state index is 13.4. The predicted octanol–water partition coefficient (Wildman–Crippen LogP) is 2.94. The van der Waals surface area contributed by atoms with Crippen molar-refractivity contribution in [3.8, 4) is 5.75 Å². The number of ether oxygens (including phenoxy) is 1. The fourth-order valence-corrected chi connectivity index (χ4v) is 1.76. The third-order valence-electron chi connectivity index (χ3n) is 2.75. The fraction of sp³-hybridized carbons (Fsp3) is 0.125. The Morgan fingerprint density at radius 2 is 1.74 bits per heavy atom. The van der Waals surface area contributed by atoms with Crippen LogP contribution in [-0.4, -0.2) is 18.4 Å². The Bertz CT molecular complexity index is 718. The van der Waals surface area contributed by atoms with E-state index in [1.165, 1.54) is 6.92 Å². The number of carbonyl (C=O) groups is 2. The SMILES string of the molecule is CC(=O)Nc1ccc(OCC(=O)Nc2ccc(F)cc2F)cc1. The largest absolute Gasteiger partial charge is 0.484 e. The average molecular weight is 320 g/mol. The zero-order valence-electron chi connectivity index (χ0n) is 12.2. The number of hydrogen-bond donors (Lipinski definition) is 2. The first-order chi connectivity index (χ1) is 10.9. The summed E-state index contributed by atoms with van der Waals surface area (Å²) in [5.41, 5.74) is 0.476. The van der Waals surface area contributed by atoms with E-state index in [4.69, 9.17) is 4.74 Å². The minimum Gasteiger partial charge on any atom is -0.484 e. The van der Waals surface area contributed by atoms with E-state index in [-0.39, 0.29) is 18.2 Å². The second kappa shape index (κ2) is 7.35. The van der Waals surface area contributed by atoms with Crippen LogP contribution in [0.15, 0.2) is 42.5 Å². The maximum atomic E-state index is 13.4. The molecular weight excluding hydrogens is 306 g/mol. The van der Waals surface area contributed by atoms with Gasteiger partial charge in [-0.15, -0.1) is 0 Å². The number of benzene rings is 2. The molecule has 0 aliphatic heterocycles. The molecule has 120 valence electrons. The summed E-state index contributed by atoms with van der Waals surface area (Å²) in [4.78, 5) is 22.6. The molecule has 0 heterocycles. The van der Waals surface area contributed by atoms with Crippen LogP contribution in [0.3, 0.4) is 0 Å². The number of amides is 2. The highest BCUT2D eigenvalue weighted by molar-refractivity contribution is 5.92. The highest BCUT2D eigenvalue weighted by Gasteiger charge is 2.08. The molecule has 2 aromatic rings. The van der Waals surface area contributed by atoms with E-state index >= 15 is 0 Å². The van der Waals surface area contributed by atoms with Crippen LogP contribution >= 0.6 is 0 Å². The van der Waals surface area contributed by atoms with Gasteiger partial charge in [0.1, 0.15) is 17.4 Å². The van der Waals surface area contributed by atoms with Crippen molar-refractivity contribution in [2.24, 2.45) is 0 Å². The summed E-state index contributed by atoms with van der Waals surface area (Å²) in [6.07, 6.45) is 0. The molecule has 2 amide bonds. The minimum absolute atomic E-state index is 0.124. The van der Waals surface area contributed by atoms with Crippen LogP contribution in [0, 0.1) is 11.6 Å². The van der Waals surface area contributed by atoms with E-state index in [2.05, 4.69) is 10.6 Å². The molecule has 0 radical (unpaired) electrons. The number of anilines is 2. The molecule has 0 unspecified atom stereocenters. The van der Waals surface area contributed by atoms with Gasteiger partial charge >= 0.3 is 0 Å². The van der Waals surface area contributed by atoms with Crippen molar-refractivity contribution in [1.29, 1.82) is 0 Å². The van der Waals surface area contributed by atoms with E-state index in [9.17, 15) is 18.4 Å². The van der Waals surface area contributed by atoms with Crippen LogP contribution in [-0.2, 0) is 9.59 Å². The Balaban J connectivity index is 1.87. The van der Waals surface area contributed by atoms with E-state index in [1.54, 1.807) is 24.3 Å². The number of carbonyl (C=O) groups excluding carboxylic acids is 2. The zero-order valence-corrected chi connectivity index (χ0v) is 12.2. The first-order valence-electron chi connectivity index (χ1n) is 6.69. The Kier molecular flexibility index (Phi) is 5.24. The van der Waals surface area contributed by atoms with E-state index < -0.39 is 17.5 Å². The molecule has 0 aliphatic carbocycles. The number of halogens is 2. The lowest BCUT2D eigenvalue weighted by Crippen LogP contribution is -2.20. The van der Waals surface area contributed by atoms with Crippen molar-refractivity contribution >= 4 is 23.2 Å². The lowest BCUT2D eigenvalue weighted by atomic mass is 10.3. The summed E-state index contributed by atoms with van der Waals surface area (Å²) in [6.45, 7) is 1.06. The van der Waals surface area contributed by atoms with Crippen molar-refractivity contribution < 1.29 is 23.1 Å². The summed E-state index contributed by atoms with van der Waals surface area (Å²) in [6, 6.07) is 9.25. The van der Waals surface area contributed by atoms with E-state index in [1.807, 2.05) is 0 Å². The van der Waals surface area contributed by atoms with Crippen molar-refractivity contribution in [2.75, 3.05) is 17.2 Å². The predicted molar refractivity (Wildman–Crippen MR) is 81.2 cm³/mol. The van der Waals surface area contributed by atoms with E-state index in [0.29, 0.717) is 17.5 Å². The molecule has 5 nitrogen and oxygen atoms in total. The summed E-state index contributed by atoms with van der Waals surface area (Å²) in [7, 11) is 0. The summed E-state index contributed by atoms with van der Waals surface area (Å²) in [5.74, 6) is -1.95. The van der Waals surface area contributed by atoms with Gasteiger partial charge in [0.15, 0.2) is 6.61 Å². The van der Waals surface area contributed by atoms with Gasteiger partial charge in [0, 0.05) is 18.7 Å². The molecule has 2 rings (SSSR count). The summed E-state index contributed by atoms with van der Waals surface area (Å²) < 4.78 is 31.4. The van der Waals surface area contributed by atoms with Gasteiger partial charge in [-0.2, -0.15) is 0 Å². The molecule has 7 heteroatoms. The summed E-state index contributed by atoms with van der Waals surface area (Å²) >= 11 is 0. The topological polar surface area (TPSA) is 67.4 Å². The average Bonchev–Trinajstić information content (AvgIpc) is 2.49. The Morgan fingerprint density at radius 1 is 1.04 bits per heavy atom. The van der Waals surface area contributed by atoms with Gasteiger partial charge in [-0.3, -0.25) is 9.59 Å². The minimum atomic E-state index is -0.863. The standard InChI is InChI=1S/C16H14F2N2O3/c1-10(21)19-12-3-5-13(6-4-12)23-9-16(22)20-15-7-2-11(17)8-14(15)18/h2-8H,9H2,1H3,(H,19,21)(H,20,22). The summed E-state index contributed by atoms with van der Waals surface area (Å²) in [5, 5.41) is 4.88. The molecule has 0 spiro atoms. The molecule has 0 saturated carbocycles. The molecule has 0 aliphatic rings. The first-order valence-corrected chi connectivity index (χ1v) is 6.69. The van der Waals surface area contributed by atoms with Gasteiger partial charge < -0.3 is 15.4 Å². The third-order valence-corrected chi connectivity index (χ3v) is 2.75. The molecular formula is C16H14F2N2O3. The van der Waals surface area contributed by atoms with Gasteiger partial charge in [-0.1, -0.05) is 0 Å². The second-order valence-corrected chi connectivity index (χ2v) is 4.67. The van der Waals surface area contributed by atoms with Crippen LogP contribution in [0.4, 0.5) is 20.2 Å². The maximum Gasteiger partial charge on any atom is 0.262 e. The van der Waals surface area contributed by atoms with E-state index in [0.717, 1.165) is 12.1 Å². The van der Waals surface area contributed by atoms with Crippen molar-refractivity contribution in [2.45, 2.75) is 6.92 Å². The van der Waals surface area contributed by atoms with Gasteiger partial charge in [-0.05, 0) is 36.4 Å². The highest BCUT2D eigenvalue weighted by atomic mass is 19.1. The lowest BCUT2D eigenvalue weighted by Gasteiger charge is -2.09. The van der Waals surface area contributed by atoms with Crippen LogP contribution in [0.25, 0.3) is 0 Å². The van der Waals surface area contributed by atoms with Gasteiger partial charge in [-0.25, -0.2) is 8.78 Å². The van der Waals surface area contributed by atoms with Gasteiger partial charge in [0.05, 0.1) is 5.69 Å². The molecule has 0 fully saturated rings. The molecule has 0 bridgehead atoms. The molecule has 0 saturated heterocycles. The van der Waals surface area contributed by atoms with Crippen LogP contribution in [0.2, 0.25) is 0 Å². The normalized spacial score (nSPS) is 10.0. The number of nitrogens with one attached hydrogen (secondary N) is 2. The van der Waals surface area contributed by atoms with Crippen LogP contribution < -0.4 is 15.4 Å². The number of hydrogen-bond acceptors (Lipinski definition) is 3. The monoisotopic (exact) mass is 320 g/mol. The smallest absolute Gasteiger partial charge is 0.262 e. The van der Waals surface area contributed by atoms with Crippen molar-refractivity contribution in [1.82, 2.24) is 0 Å². The first kappa shape index (κ1) is 16.4. The van der Waals surface area contributed by atoms with Crippen molar-refractivity contribution in [3.63, 3.8) is 0 Å². The quantitative estimate of drug-likeness (QED) is 0.890. The Labute approximate surface area is 131 Å².